The number of halogens is 2. The number of aliphatic hydroxyl groups is 1. The summed E-state index contributed by atoms with van der Waals surface area (Å²) in [5, 5.41) is 9.57. The zero-order valence-corrected chi connectivity index (χ0v) is 12.7. The fraction of sp³-hybridized carbons (Fsp3) is 0.556. The number of nitrogens with zero attached hydrogens (tertiary/aromatic N) is 1. The Labute approximate surface area is 117 Å². The summed E-state index contributed by atoms with van der Waals surface area (Å²) in [4.78, 5) is 0. The normalized spacial score (nSPS) is 22.2. The standard InChI is InChI=1S/C9H11BrClNO3S2/c10-9-7(11)4-8(16-9)17(14,15)12-3-1-2-6(12)5-13/h4,6,13H,1-3,5H2. The molecule has 17 heavy (non-hydrogen) atoms. The summed E-state index contributed by atoms with van der Waals surface area (Å²) in [6.07, 6.45) is 1.49. The topological polar surface area (TPSA) is 57.6 Å². The second-order valence-corrected chi connectivity index (χ2v) is 8.68. The van der Waals surface area contributed by atoms with Crippen LogP contribution in [0.25, 0.3) is 0 Å². The summed E-state index contributed by atoms with van der Waals surface area (Å²) in [6.45, 7) is 0.320. The molecule has 0 aromatic carbocycles. The molecule has 2 rings (SSSR count). The van der Waals surface area contributed by atoms with Crippen molar-refractivity contribution in [3.8, 4) is 0 Å². The van der Waals surface area contributed by atoms with Crippen LogP contribution in [0.2, 0.25) is 5.02 Å². The van der Waals surface area contributed by atoms with Crippen molar-refractivity contribution < 1.29 is 13.5 Å². The third kappa shape index (κ3) is 2.54. The molecule has 1 aliphatic rings. The van der Waals surface area contributed by atoms with Gasteiger partial charge >= 0.3 is 0 Å². The maximum atomic E-state index is 12.3. The maximum absolute atomic E-state index is 12.3. The van der Waals surface area contributed by atoms with Crippen LogP contribution in [0.1, 0.15) is 12.8 Å². The molecule has 1 aromatic heterocycles. The highest BCUT2D eigenvalue weighted by Gasteiger charge is 2.36. The Balaban J connectivity index is 2.36. The molecular weight excluding hydrogens is 350 g/mol. The molecule has 1 fully saturated rings. The average Bonchev–Trinajstić information content (AvgIpc) is 2.86. The van der Waals surface area contributed by atoms with E-state index in [0.717, 1.165) is 17.8 Å². The summed E-state index contributed by atoms with van der Waals surface area (Å²) in [6, 6.07) is 1.14. The molecule has 0 spiro atoms. The Morgan fingerprint density at radius 3 is 2.88 bits per heavy atom. The number of thiophene rings is 1. The van der Waals surface area contributed by atoms with Crippen LogP contribution in [0.15, 0.2) is 14.1 Å². The summed E-state index contributed by atoms with van der Waals surface area (Å²) in [7, 11) is -3.52. The summed E-state index contributed by atoms with van der Waals surface area (Å²) < 4.78 is 26.8. The van der Waals surface area contributed by atoms with Gasteiger partial charge in [-0.1, -0.05) is 11.6 Å². The van der Waals surface area contributed by atoms with E-state index in [1.165, 1.54) is 10.4 Å². The van der Waals surface area contributed by atoms with Crippen molar-refractivity contribution in [2.75, 3.05) is 13.2 Å². The lowest BCUT2D eigenvalue weighted by Gasteiger charge is -2.21. The van der Waals surface area contributed by atoms with Gasteiger partial charge in [0, 0.05) is 12.6 Å². The zero-order valence-electron chi connectivity index (χ0n) is 8.77. The molecule has 2 heterocycles. The molecule has 1 atom stereocenters. The first-order valence-corrected chi connectivity index (χ1v) is 8.47. The predicted molar refractivity (Wildman–Crippen MR) is 71.0 cm³/mol. The number of sulfonamides is 1. The van der Waals surface area contributed by atoms with E-state index in [1.807, 2.05) is 0 Å². The lowest BCUT2D eigenvalue weighted by Crippen LogP contribution is -2.37. The number of aliphatic hydroxyl groups excluding tert-OH is 1. The van der Waals surface area contributed by atoms with Gasteiger partial charge in [-0.15, -0.1) is 11.3 Å². The first-order chi connectivity index (χ1) is 7.96. The molecule has 0 saturated carbocycles. The fourth-order valence-corrected chi connectivity index (χ4v) is 6.09. The smallest absolute Gasteiger partial charge is 0.252 e. The van der Waals surface area contributed by atoms with Gasteiger partial charge in [0.2, 0.25) is 0 Å². The van der Waals surface area contributed by atoms with Crippen molar-refractivity contribution in [3.05, 3.63) is 14.9 Å². The second-order valence-electron chi connectivity index (χ2n) is 3.78. The molecular formula is C9H11BrClNO3S2. The van der Waals surface area contributed by atoms with Gasteiger partial charge in [-0.2, -0.15) is 4.31 Å². The van der Waals surface area contributed by atoms with Gasteiger partial charge in [0.05, 0.1) is 15.4 Å². The monoisotopic (exact) mass is 359 g/mol. The van der Waals surface area contributed by atoms with Crippen LogP contribution in [0.3, 0.4) is 0 Å². The van der Waals surface area contributed by atoms with Crippen molar-refractivity contribution in [3.63, 3.8) is 0 Å². The molecule has 0 aliphatic carbocycles. The van der Waals surface area contributed by atoms with Crippen LogP contribution in [0, 0.1) is 0 Å². The van der Waals surface area contributed by atoms with Gasteiger partial charge in [0.1, 0.15) is 4.21 Å². The Bertz CT molecular complexity index is 497. The minimum Gasteiger partial charge on any atom is -0.395 e. The Morgan fingerprint density at radius 2 is 2.35 bits per heavy atom. The van der Waals surface area contributed by atoms with Crippen molar-refractivity contribution in [1.29, 1.82) is 0 Å². The van der Waals surface area contributed by atoms with Crippen LogP contribution in [-0.2, 0) is 10.0 Å². The van der Waals surface area contributed by atoms with Crippen molar-refractivity contribution in [2.24, 2.45) is 0 Å². The van der Waals surface area contributed by atoms with Crippen LogP contribution < -0.4 is 0 Å². The molecule has 1 saturated heterocycles. The van der Waals surface area contributed by atoms with Crippen LogP contribution in [0.4, 0.5) is 0 Å². The third-order valence-corrected chi connectivity index (χ3v) is 7.60. The quantitative estimate of drug-likeness (QED) is 0.900. The number of hydrogen-bond acceptors (Lipinski definition) is 4. The first kappa shape index (κ1) is 13.8. The van der Waals surface area contributed by atoms with E-state index >= 15 is 0 Å². The SMILES string of the molecule is O=S(=O)(c1cc(Cl)c(Br)s1)N1CCCC1CO. The van der Waals surface area contributed by atoms with Gasteiger partial charge < -0.3 is 5.11 Å². The molecule has 1 N–H and O–H groups in total. The number of rotatable bonds is 3. The Morgan fingerprint density at radius 1 is 1.65 bits per heavy atom. The van der Waals surface area contributed by atoms with E-state index in [9.17, 15) is 8.42 Å². The molecule has 0 radical (unpaired) electrons. The number of hydrogen-bond donors (Lipinski definition) is 1. The van der Waals surface area contributed by atoms with Gasteiger partial charge in [-0.25, -0.2) is 8.42 Å². The summed E-state index contributed by atoms with van der Waals surface area (Å²) >= 11 is 10.1. The van der Waals surface area contributed by atoms with E-state index in [2.05, 4.69) is 15.9 Å². The van der Waals surface area contributed by atoms with E-state index in [4.69, 9.17) is 16.7 Å². The largest absolute Gasteiger partial charge is 0.395 e. The molecule has 1 unspecified atom stereocenters. The van der Waals surface area contributed by atoms with Crippen molar-refractivity contribution in [2.45, 2.75) is 23.1 Å². The highest BCUT2D eigenvalue weighted by Crippen LogP contribution is 2.37. The van der Waals surface area contributed by atoms with E-state index < -0.39 is 10.0 Å². The Kier molecular flexibility index (Phi) is 4.16. The van der Waals surface area contributed by atoms with Gasteiger partial charge in [0.15, 0.2) is 0 Å². The van der Waals surface area contributed by atoms with E-state index in [-0.39, 0.29) is 16.9 Å². The molecule has 4 nitrogen and oxygen atoms in total. The van der Waals surface area contributed by atoms with Crippen LogP contribution >= 0.6 is 38.9 Å². The van der Waals surface area contributed by atoms with Gasteiger partial charge in [-0.05, 0) is 34.8 Å². The summed E-state index contributed by atoms with van der Waals surface area (Å²) in [5.41, 5.74) is 0. The molecule has 0 bridgehead atoms. The van der Waals surface area contributed by atoms with Crippen molar-refractivity contribution >= 4 is 48.9 Å². The minimum absolute atomic E-state index is 0.139. The maximum Gasteiger partial charge on any atom is 0.252 e. The molecule has 1 aromatic rings. The molecule has 1 aliphatic heterocycles. The van der Waals surface area contributed by atoms with Crippen molar-refractivity contribution in [1.82, 2.24) is 4.31 Å². The minimum atomic E-state index is -3.52. The first-order valence-electron chi connectivity index (χ1n) is 5.04. The Hall–Kier alpha value is 0.340. The fourth-order valence-electron chi connectivity index (χ4n) is 1.88. The third-order valence-electron chi connectivity index (χ3n) is 2.72. The van der Waals surface area contributed by atoms with E-state index in [1.54, 1.807) is 0 Å². The molecule has 0 amide bonds. The van der Waals surface area contributed by atoms with E-state index in [0.29, 0.717) is 21.8 Å². The lowest BCUT2D eigenvalue weighted by atomic mass is 10.2. The highest BCUT2D eigenvalue weighted by molar-refractivity contribution is 9.11. The second kappa shape index (κ2) is 5.14. The average molecular weight is 361 g/mol. The molecule has 96 valence electrons. The highest BCUT2D eigenvalue weighted by atomic mass is 79.9. The molecule has 8 heteroatoms. The van der Waals surface area contributed by atoms with Crippen LogP contribution in [-0.4, -0.2) is 37.0 Å². The van der Waals surface area contributed by atoms with Crippen LogP contribution in [0.5, 0.6) is 0 Å². The van der Waals surface area contributed by atoms with Gasteiger partial charge in [0.25, 0.3) is 10.0 Å². The predicted octanol–water partition coefficient (Wildman–Crippen LogP) is 2.31. The zero-order chi connectivity index (χ0) is 12.6. The van der Waals surface area contributed by atoms with Gasteiger partial charge in [-0.3, -0.25) is 0 Å². The summed E-state index contributed by atoms with van der Waals surface area (Å²) in [5.74, 6) is 0. The lowest BCUT2D eigenvalue weighted by molar-refractivity contribution is 0.213.